The van der Waals surface area contributed by atoms with Gasteiger partial charge in [-0.25, -0.2) is 14.4 Å². The summed E-state index contributed by atoms with van der Waals surface area (Å²) in [7, 11) is 1.75. The predicted octanol–water partition coefficient (Wildman–Crippen LogP) is 3.08. The van der Waals surface area contributed by atoms with Crippen LogP contribution >= 0.6 is 15.9 Å². The van der Waals surface area contributed by atoms with E-state index in [1.165, 1.54) is 12.4 Å². The number of nitrogens with one attached hydrogen (secondary N) is 1. The number of nitrogens with zero attached hydrogens (tertiary/aromatic N) is 4. The fraction of sp³-hybridized carbons (Fsp3) is 0.154. The van der Waals surface area contributed by atoms with Crippen molar-refractivity contribution in [1.29, 1.82) is 5.26 Å². The van der Waals surface area contributed by atoms with E-state index < -0.39 is 0 Å². The number of anilines is 3. The van der Waals surface area contributed by atoms with E-state index in [-0.39, 0.29) is 12.4 Å². The first-order valence-electron chi connectivity index (χ1n) is 5.72. The second kappa shape index (κ2) is 6.30. The molecule has 1 aromatic heterocycles. The minimum Gasteiger partial charge on any atom is -0.346 e. The van der Waals surface area contributed by atoms with Gasteiger partial charge in [-0.05, 0) is 18.2 Å². The second-order valence-corrected chi connectivity index (χ2v) is 4.94. The first-order chi connectivity index (χ1) is 9.60. The summed E-state index contributed by atoms with van der Waals surface area (Å²) >= 11 is 3.28. The van der Waals surface area contributed by atoms with E-state index in [0.717, 1.165) is 4.47 Å². The highest BCUT2D eigenvalue weighted by molar-refractivity contribution is 9.10. The van der Waals surface area contributed by atoms with Crippen LogP contribution in [0.1, 0.15) is 0 Å². The Labute approximate surface area is 124 Å². The smallest absolute Gasteiger partial charge is 0.146 e. The molecule has 0 unspecified atom stereocenters. The van der Waals surface area contributed by atoms with E-state index >= 15 is 0 Å². The Morgan fingerprint density at radius 1 is 1.40 bits per heavy atom. The number of aromatic nitrogens is 2. The first-order valence-corrected chi connectivity index (χ1v) is 6.51. The van der Waals surface area contributed by atoms with Gasteiger partial charge in [0, 0.05) is 17.6 Å². The zero-order chi connectivity index (χ0) is 14.5. The predicted molar refractivity (Wildman–Crippen MR) is 78.3 cm³/mol. The molecule has 102 valence electrons. The Balaban J connectivity index is 2.24. The fourth-order valence-corrected chi connectivity index (χ4v) is 1.90. The van der Waals surface area contributed by atoms with E-state index in [1.807, 2.05) is 6.07 Å². The van der Waals surface area contributed by atoms with Crippen LogP contribution in [0.15, 0.2) is 35.1 Å². The molecule has 0 bridgehead atoms. The van der Waals surface area contributed by atoms with Crippen LogP contribution in [0.3, 0.4) is 0 Å². The monoisotopic (exact) mass is 335 g/mol. The quantitative estimate of drug-likeness (QED) is 0.870. The summed E-state index contributed by atoms with van der Waals surface area (Å²) in [5.74, 6) is 0.662. The lowest BCUT2D eigenvalue weighted by Crippen LogP contribution is -2.18. The zero-order valence-corrected chi connectivity index (χ0v) is 12.2. The van der Waals surface area contributed by atoms with Crippen LogP contribution in [0.5, 0.6) is 0 Å². The molecule has 0 saturated heterocycles. The average molecular weight is 336 g/mol. The molecule has 0 aliphatic heterocycles. The third-order valence-electron chi connectivity index (χ3n) is 2.54. The molecule has 1 N–H and O–H groups in total. The Kier molecular flexibility index (Phi) is 4.48. The number of hydrogen-bond donors (Lipinski definition) is 1. The molecule has 5 nitrogen and oxygen atoms in total. The van der Waals surface area contributed by atoms with Crippen molar-refractivity contribution in [3.63, 3.8) is 0 Å². The molecule has 0 radical (unpaired) electrons. The zero-order valence-electron chi connectivity index (χ0n) is 10.6. The molecule has 7 heteroatoms. The molecule has 0 spiro atoms. The maximum atomic E-state index is 13.7. The largest absolute Gasteiger partial charge is 0.346 e. The highest BCUT2D eigenvalue weighted by atomic mass is 79.9. The normalized spacial score (nSPS) is 9.90. The van der Waals surface area contributed by atoms with Gasteiger partial charge in [0.05, 0.1) is 11.8 Å². The Bertz CT molecular complexity index is 655. The van der Waals surface area contributed by atoms with Gasteiger partial charge in [-0.3, -0.25) is 0 Å². The minimum absolute atomic E-state index is 0.210. The molecule has 0 aliphatic rings. The van der Waals surface area contributed by atoms with Crippen LogP contribution < -0.4 is 10.2 Å². The summed E-state index contributed by atoms with van der Waals surface area (Å²) in [6.07, 6.45) is 1.36. The average Bonchev–Trinajstić information content (AvgIpc) is 2.43. The first kappa shape index (κ1) is 14.2. The van der Waals surface area contributed by atoms with Gasteiger partial charge >= 0.3 is 0 Å². The Morgan fingerprint density at radius 2 is 2.20 bits per heavy atom. The summed E-state index contributed by atoms with van der Waals surface area (Å²) in [6.45, 7) is 0.210. The maximum absolute atomic E-state index is 13.7. The highest BCUT2D eigenvalue weighted by Gasteiger charge is 2.07. The lowest BCUT2D eigenvalue weighted by Gasteiger charge is -2.15. The fourth-order valence-electron chi connectivity index (χ4n) is 1.54. The molecule has 0 fully saturated rings. The maximum Gasteiger partial charge on any atom is 0.146 e. The van der Waals surface area contributed by atoms with Crippen LogP contribution in [-0.4, -0.2) is 23.6 Å². The number of rotatable bonds is 4. The SMILES string of the molecule is CN(CC#N)c1cc(Nc2cc(Br)ccc2F)ncn1. The number of halogens is 2. The third-order valence-corrected chi connectivity index (χ3v) is 3.04. The lowest BCUT2D eigenvalue weighted by atomic mass is 10.3. The van der Waals surface area contributed by atoms with Gasteiger partial charge in [-0.2, -0.15) is 5.26 Å². The van der Waals surface area contributed by atoms with Crippen LogP contribution in [0.25, 0.3) is 0 Å². The molecule has 1 aromatic carbocycles. The van der Waals surface area contributed by atoms with Gasteiger partial charge in [0.15, 0.2) is 0 Å². The topological polar surface area (TPSA) is 64.8 Å². The van der Waals surface area contributed by atoms with Crippen LogP contribution in [0.4, 0.5) is 21.7 Å². The summed E-state index contributed by atoms with van der Waals surface area (Å²) in [5, 5.41) is 11.5. The molecule has 0 saturated carbocycles. The second-order valence-electron chi connectivity index (χ2n) is 4.02. The molecule has 1 heterocycles. The molecule has 0 amide bonds. The lowest BCUT2D eigenvalue weighted by molar-refractivity contribution is 0.631. The van der Waals surface area contributed by atoms with Gasteiger partial charge < -0.3 is 10.2 Å². The summed E-state index contributed by atoms with van der Waals surface area (Å²) < 4.78 is 14.4. The van der Waals surface area contributed by atoms with Gasteiger partial charge in [0.1, 0.15) is 30.3 Å². The van der Waals surface area contributed by atoms with Crippen molar-refractivity contribution in [2.45, 2.75) is 0 Å². The molecule has 0 aliphatic carbocycles. The van der Waals surface area contributed by atoms with Crippen molar-refractivity contribution in [3.8, 4) is 6.07 Å². The van der Waals surface area contributed by atoms with Crippen LogP contribution in [-0.2, 0) is 0 Å². The van der Waals surface area contributed by atoms with E-state index in [4.69, 9.17) is 5.26 Å². The van der Waals surface area contributed by atoms with E-state index in [1.54, 1.807) is 30.1 Å². The van der Waals surface area contributed by atoms with Crippen molar-refractivity contribution in [1.82, 2.24) is 9.97 Å². The molecule has 20 heavy (non-hydrogen) atoms. The van der Waals surface area contributed by atoms with Crippen molar-refractivity contribution in [2.75, 3.05) is 23.8 Å². The van der Waals surface area contributed by atoms with Gasteiger partial charge in [0.2, 0.25) is 0 Å². The van der Waals surface area contributed by atoms with Crippen molar-refractivity contribution in [3.05, 3.63) is 40.9 Å². The molecular weight excluding hydrogens is 325 g/mol. The van der Waals surface area contributed by atoms with E-state index in [2.05, 4.69) is 31.2 Å². The Morgan fingerprint density at radius 3 is 2.95 bits per heavy atom. The Hall–Kier alpha value is -2.20. The standard InChI is InChI=1S/C13H11BrFN5/c1-20(5-4-16)13-7-12(17-8-18-13)19-11-6-9(14)2-3-10(11)15/h2-3,6-8H,5H2,1H3,(H,17,18,19). The van der Waals surface area contributed by atoms with Crippen molar-refractivity contribution in [2.24, 2.45) is 0 Å². The third kappa shape index (κ3) is 3.42. The molecule has 2 rings (SSSR count). The molecule has 2 aromatic rings. The number of hydrogen-bond acceptors (Lipinski definition) is 5. The van der Waals surface area contributed by atoms with E-state index in [0.29, 0.717) is 17.3 Å². The van der Waals surface area contributed by atoms with Crippen LogP contribution in [0.2, 0.25) is 0 Å². The number of benzene rings is 1. The summed E-state index contributed by atoms with van der Waals surface area (Å²) in [6, 6.07) is 8.28. The number of nitriles is 1. The summed E-state index contributed by atoms with van der Waals surface area (Å²) in [5.41, 5.74) is 0.312. The van der Waals surface area contributed by atoms with Crippen molar-refractivity contribution < 1.29 is 4.39 Å². The van der Waals surface area contributed by atoms with Crippen molar-refractivity contribution >= 4 is 33.3 Å². The van der Waals surface area contributed by atoms with E-state index in [9.17, 15) is 4.39 Å². The minimum atomic E-state index is -0.376. The van der Waals surface area contributed by atoms with Gasteiger partial charge in [-0.15, -0.1) is 0 Å². The van der Waals surface area contributed by atoms with Gasteiger partial charge in [-0.1, -0.05) is 15.9 Å². The molecule has 0 atom stereocenters. The highest BCUT2D eigenvalue weighted by Crippen LogP contribution is 2.24. The summed E-state index contributed by atoms with van der Waals surface area (Å²) in [4.78, 5) is 9.77. The van der Waals surface area contributed by atoms with Gasteiger partial charge in [0.25, 0.3) is 0 Å². The molecular formula is C13H11BrFN5. The van der Waals surface area contributed by atoms with Crippen LogP contribution in [0, 0.1) is 17.1 Å².